The van der Waals surface area contributed by atoms with Crippen molar-refractivity contribution in [1.29, 1.82) is 0 Å². The lowest BCUT2D eigenvalue weighted by Gasteiger charge is -2.30. The van der Waals surface area contributed by atoms with Gasteiger partial charge in [-0.05, 0) is 46.8 Å². The highest BCUT2D eigenvalue weighted by atomic mass is 32.2. The van der Waals surface area contributed by atoms with E-state index < -0.39 is 0 Å². The Balaban J connectivity index is 1.42. The van der Waals surface area contributed by atoms with E-state index in [-0.39, 0.29) is 11.7 Å². The Hall–Kier alpha value is -3.10. The van der Waals surface area contributed by atoms with Crippen LogP contribution < -0.4 is 4.90 Å². The number of nitrogens with zero attached hydrogens (tertiary/aromatic N) is 5. The van der Waals surface area contributed by atoms with Crippen molar-refractivity contribution in [2.45, 2.75) is 14.9 Å². The maximum Gasteiger partial charge on any atom is 0.242 e. The third-order valence-electron chi connectivity index (χ3n) is 4.45. The second kappa shape index (κ2) is 7.73. The fourth-order valence-corrected chi connectivity index (χ4v) is 4.96. The van der Waals surface area contributed by atoms with Gasteiger partial charge in [0.2, 0.25) is 11.1 Å². The van der Waals surface area contributed by atoms with Gasteiger partial charge in [0, 0.05) is 9.79 Å². The van der Waals surface area contributed by atoms with E-state index in [9.17, 15) is 4.79 Å². The molecule has 2 heterocycles. The molecule has 0 spiro atoms. The summed E-state index contributed by atoms with van der Waals surface area (Å²) in [6, 6.07) is 25.6. The molecule has 1 aliphatic heterocycles. The van der Waals surface area contributed by atoms with Crippen LogP contribution in [0.25, 0.3) is 5.69 Å². The standard InChI is InChI=1S/C21H15N5OS2/c27-20(14-28-21-22-23-24-26(21)15-8-2-1-3-9-15)25-16-10-4-6-12-18(16)29-19-13-7-5-11-17(19)25/h1-13H,14H2. The molecule has 1 aliphatic rings. The van der Waals surface area contributed by atoms with E-state index >= 15 is 0 Å². The number of thioether (sulfide) groups is 1. The Bertz CT molecular complexity index is 1130. The van der Waals surface area contributed by atoms with E-state index in [1.165, 1.54) is 11.8 Å². The summed E-state index contributed by atoms with van der Waals surface area (Å²) < 4.78 is 1.64. The molecule has 0 atom stereocenters. The van der Waals surface area contributed by atoms with E-state index in [1.54, 1.807) is 21.3 Å². The highest BCUT2D eigenvalue weighted by Crippen LogP contribution is 2.48. The van der Waals surface area contributed by atoms with Crippen molar-refractivity contribution < 1.29 is 4.79 Å². The summed E-state index contributed by atoms with van der Waals surface area (Å²) in [5.41, 5.74) is 2.67. The minimum absolute atomic E-state index is 0.0159. The normalized spacial score (nSPS) is 12.3. The highest BCUT2D eigenvalue weighted by molar-refractivity contribution is 8.00. The molecule has 4 aromatic rings. The summed E-state index contributed by atoms with van der Waals surface area (Å²) in [5, 5.41) is 12.5. The SMILES string of the molecule is O=C(CSc1nnnn1-c1ccccc1)N1c2ccccc2Sc2ccccc21. The first-order chi connectivity index (χ1) is 14.3. The smallest absolute Gasteiger partial charge is 0.242 e. The maximum atomic E-state index is 13.3. The fourth-order valence-electron chi connectivity index (χ4n) is 3.16. The first-order valence-electron chi connectivity index (χ1n) is 8.97. The van der Waals surface area contributed by atoms with Crippen LogP contribution in [0.4, 0.5) is 11.4 Å². The van der Waals surface area contributed by atoms with Crippen LogP contribution in [0.5, 0.6) is 0 Å². The topological polar surface area (TPSA) is 63.9 Å². The summed E-state index contributed by atoms with van der Waals surface area (Å²) in [6.45, 7) is 0. The molecule has 8 heteroatoms. The van der Waals surface area contributed by atoms with Crippen LogP contribution in [0.2, 0.25) is 0 Å². The Morgan fingerprint density at radius 2 is 1.48 bits per heavy atom. The lowest BCUT2D eigenvalue weighted by atomic mass is 10.2. The Morgan fingerprint density at radius 1 is 0.862 bits per heavy atom. The molecule has 1 amide bonds. The van der Waals surface area contributed by atoms with E-state index in [0.717, 1.165) is 26.9 Å². The predicted octanol–water partition coefficient (Wildman–Crippen LogP) is 4.58. The van der Waals surface area contributed by atoms with Gasteiger partial charge in [0.15, 0.2) is 0 Å². The molecule has 0 unspecified atom stereocenters. The zero-order valence-corrected chi connectivity index (χ0v) is 16.8. The molecule has 0 fully saturated rings. The predicted molar refractivity (Wildman–Crippen MR) is 114 cm³/mol. The van der Waals surface area contributed by atoms with E-state index in [4.69, 9.17) is 0 Å². The summed E-state index contributed by atoms with van der Waals surface area (Å²) in [7, 11) is 0. The number of amides is 1. The molecule has 29 heavy (non-hydrogen) atoms. The van der Waals surface area contributed by atoms with Crippen LogP contribution in [-0.4, -0.2) is 31.9 Å². The molecule has 0 saturated heterocycles. The lowest BCUT2D eigenvalue weighted by Crippen LogP contribution is -2.30. The molecule has 0 radical (unpaired) electrons. The number of tetrazole rings is 1. The number of benzene rings is 3. The van der Waals surface area contributed by atoms with Gasteiger partial charge in [-0.15, -0.1) is 5.10 Å². The molecular weight excluding hydrogens is 402 g/mol. The van der Waals surface area contributed by atoms with Crippen LogP contribution in [0.15, 0.2) is 93.8 Å². The third-order valence-corrected chi connectivity index (χ3v) is 6.48. The number of para-hydroxylation sites is 3. The van der Waals surface area contributed by atoms with Crippen molar-refractivity contribution in [3.05, 3.63) is 78.9 Å². The molecular formula is C21H15N5OS2. The van der Waals surface area contributed by atoms with Crippen molar-refractivity contribution in [1.82, 2.24) is 20.2 Å². The van der Waals surface area contributed by atoms with Crippen molar-refractivity contribution in [2.24, 2.45) is 0 Å². The molecule has 1 aromatic heterocycles. The van der Waals surface area contributed by atoms with E-state index in [0.29, 0.717) is 5.16 Å². The minimum atomic E-state index is -0.0159. The van der Waals surface area contributed by atoms with E-state index in [1.807, 2.05) is 78.9 Å². The Morgan fingerprint density at radius 3 is 2.17 bits per heavy atom. The molecule has 142 valence electrons. The zero-order valence-electron chi connectivity index (χ0n) is 15.2. The lowest BCUT2D eigenvalue weighted by molar-refractivity contribution is -0.115. The summed E-state index contributed by atoms with van der Waals surface area (Å²) in [5.74, 6) is 0.207. The summed E-state index contributed by atoms with van der Waals surface area (Å²) >= 11 is 3.01. The average molecular weight is 418 g/mol. The van der Waals surface area contributed by atoms with Crippen molar-refractivity contribution in [3.63, 3.8) is 0 Å². The maximum absolute atomic E-state index is 13.3. The quantitative estimate of drug-likeness (QED) is 0.453. The first-order valence-corrected chi connectivity index (χ1v) is 10.8. The minimum Gasteiger partial charge on any atom is -0.278 e. The van der Waals surface area contributed by atoms with Crippen molar-refractivity contribution >= 4 is 40.8 Å². The second-order valence-electron chi connectivity index (χ2n) is 6.26. The molecule has 0 saturated carbocycles. The van der Waals surface area contributed by atoms with Gasteiger partial charge in [0.05, 0.1) is 22.8 Å². The number of carbonyl (C=O) groups excluding carboxylic acids is 1. The highest BCUT2D eigenvalue weighted by Gasteiger charge is 2.28. The Labute approximate surface area is 175 Å². The number of aromatic nitrogens is 4. The van der Waals surface area contributed by atoms with Gasteiger partial charge in [-0.3, -0.25) is 9.69 Å². The van der Waals surface area contributed by atoms with Gasteiger partial charge >= 0.3 is 0 Å². The zero-order chi connectivity index (χ0) is 19.6. The van der Waals surface area contributed by atoms with Crippen LogP contribution in [0, 0.1) is 0 Å². The van der Waals surface area contributed by atoms with Crippen LogP contribution in [0.3, 0.4) is 0 Å². The number of anilines is 2. The van der Waals surface area contributed by atoms with Gasteiger partial charge in [-0.1, -0.05) is 66.0 Å². The first kappa shape index (κ1) is 18.0. The largest absolute Gasteiger partial charge is 0.278 e. The van der Waals surface area contributed by atoms with Gasteiger partial charge in [-0.2, -0.15) is 4.68 Å². The molecule has 0 bridgehead atoms. The summed E-state index contributed by atoms with van der Waals surface area (Å²) in [4.78, 5) is 17.2. The number of carbonyl (C=O) groups is 1. The number of hydrogen-bond donors (Lipinski definition) is 0. The third kappa shape index (κ3) is 3.41. The molecule has 6 nitrogen and oxygen atoms in total. The number of hydrogen-bond acceptors (Lipinski definition) is 6. The van der Waals surface area contributed by atoms with Crippen molar-refractivity contribution in [2.75, 3.05) is 10.7 Å². The van der Waals surface area contributed by atoms with Gasteiger partial charge in [-0.25, -0.2) is 0 Å². The molecule has 0 aliphatic carbocycles. The monoisotopic (exact) mass is 417 g/mol. The number of fused-ring (bicyclic) bond motifs is 2. The number of rotatable bonds is 4. The van der Waals surface area contributed by atoms with E-state index in [2.05, 4.69) is 15.5 Å². The molecule has 3 aromatic carbocycles. The van der Waals surface area contributed by atoms with Gasteiger partial charge < -0.3 is 0 Å². The average Bonchev–Trinajstić information content (AvgIpc) is 3.25. The molecule has 0 N–H and O–H groups in total. The van der Waals surface area contributed by atoms with Gasteiger partial charge in [0.25, 0.3) is 0 Å². The second-order valence-corrected chi connectivity index (χ2v) is 8.29. The summed E-state index contributed by atoms with van der Waals surface area (Å²) in [6.07, 6.45) is 0. The fraction of sp³-hybridized carbons (Fsp3) is 0.0476. The van der Waals surface area contributed by atoms with Crippen molar-refractivity contribution in [3.8, 4) is 5.69 Å². The van der Waals surface area contributed by atoms with Crippen LogP contribution in [0.1, 0.15) is 0 Å². The van der Waals surface area contributed by atoms with Gasteiger partial charge in [0.1, 0.15) is 0 Å². The van der Waals surface area contributed by atoms with Crippen LogP contribution in [-0.2, 0) is 4.79 Å². The van der Waals surface area contributed by atoms with Crippen LogP contribution >= 0.6 is 23.5 Å². The molecule has 5 rings (SSSR count). The Kier molecular flexibility index (Phi) is 4.79.